The highest BCUT2D eigenvalue weighted by atomic mass is 35.5. The molecule has 0 bridgehead atoms. The Morgan fingerprint density at radius 1 is 1.17 bits per heavy atom. The van der Waals surface area contributed by atoms with Crippen molar-refractivity contribution in [2.75, 3.05) is 5.32 Å². The average Bonchev–Trinajstić information content (AvgIpc) is 2.94. The lowest BCUT2D eigenvalue weighted by Gasteiger charge is -2.13. The van der Waals surface area contributed by atoms with E-state index in [2.05, 4.69) is 14.8 Å². The number of ether oxygens (including phenoxy) is 2. The molecule has 6 nitrogen and oxygen atoms in total. The molecule has 2 aromatic rings. The number of carbonyl (C=O) groups is 1. The highest BCUT2D eigenvalue weighted by Crippen LogP contribution is 2.46. The highest BCUT2D eigenvalue weighted by Gasteiger charge is 2.43. The molecule has 0 unspecified atom stereocenters. The van der Waals surface area contributed by atoms with Gasteiger partial charge in [-0.25, -0.2) is 0 Å². The molecule has 0 saturated heterocycles. The van der Waals surface area contributed by atoms with Gasteiger partial charge in [0.1, 0.15) is 5.76 Å². The smallest absolute Gasteiger partial charge is 0.511 e. The lowest BCUT2D eigenvalue weighted by atomic mass is 10.0. The number of rotatable bonds is 5. The summed E-state index contributed by atoms with van der Waals surface area (Å²) in [4.78, 5) is 12.5. The molecule has 3 N–H and O–H groups in total. The molecule has 1 aliphatic rings. The number of halogens is 3. The zero-order valence-corrected chi connectivity index (χ0v) is 17.1. The predicted octanol–water partition coefficient (Wildman–Crippen LogP) is 5.77. The number of hydrogen-bond donors (Lipinski definition) is 3. The van der Waals surface area contributed by atoms with Crippen LogP contribution in [0.25, 0.3) is 11.1 Å². The lowest BCUT2D eigenvalue weighted by molar-refractivity contribution is -0.286. The Bertz CT molecular complexity index is 1050. The zero-order valence-electron chi connectivity index (χ0n) is 16.3. The van der Waals surface area contributed by atoms with E-state index in [1.807, 2.05) is 0 Å². The van der Waals surface area contributed by atoms with Gasteiger partial charge in [0.25, 0.3) is 5.91 Å². The predicted molar refractivity (Wildman–Crippen MR) is 110 cm³/mol. The van der Waals surface area contributed by atoms with Crippen molar-refractivity contribution in [2.24, 2.45) is 5.92 Å². The van der Waals surface area contributed by atoms with Crippen LogP contribution in [0.1, 0.15) is 20.8 Å². The Morgan fingerprint density at radius 2 is 1.73 bits per heavy atom. The Labute approximate surface area is 176 Å². The van der Waals surface area contributed by atoms with E-state index >= 15 is 0 Å². The van der Waals surface area contributed by atoms with Crippen LogP contribution in [0.15, 0.2) is 47.7 Å². The molecule has 0 radical (unpaired) electrons. The number of aliphatic hydroxyl groups is 1. The normalized spacial score (nSPS) is 15.0. The first-order valence-electron chi connectivity index (χ1n) is 8.98. The molecule has 158 valence electrons. The summed E-state index contributed by atoms with van der Waals surface area (Å²) in [5.74, 6) is -1.36. The molecule has 3 rings (SSSR count). The maximum absolute atomic E-state index is 13.2. The molecule has 0 atom stereocenters. The first kappa shape index (κ1) is 21.6. The van der Waals surface area contributed by atoms with Gasteiger partial charge < -0.3 is 25.3 Å². The number of carbonyl (C=O) groups excluding carboxylic acids is 1. The molecular weight excluding hydrogens is 418 g/mol. The van der Waals surface area contributed by atoms with E-state index in [1.165, 1.54) is 19.1 Å². The highest BCUT2D eigenvalue weighted by molar-refractivity contribution is 6.33. The molecule has 30 heavy (non-hydrogen) atoms. The fourth-order valence-corrected chi connectivity index (χ4v) is 3.15. The second-order valence-corrected chi connectivity index (χ2v) is 7.42. The van der Waals surface area contributed by atoms with Crippen LogP contribution in [0.5, 0.6) is 11.5 Å². The van der Waals surface area contributed by atoms with Crippen molar-refractivity contribution in [1.82, 2.24) is 0 Å². The van der Waals surface area contributed by atoms with E-state index < -0.39 is 12.2 Å². The van der Waals surface area contributed by atoms with Crippen molar-refractivity contribution in [2.45, 2.75) is 27.1 Å². The number of allylic oxidation sites excluding steroid dienone is 1. The fraction of sp³-hybridized carbons (Fsp3) is 0.238. The number of alkyl halides is 2. The third-order valence-corrected chi connectivity index (χ3v) is 4.66. The van der Waals surface area contributed by atoms with E-state index in [0.717, 1.165) is 0 Å². The third kappa shape index (κ3) is 4.38. The van der Waals surface area contributed by atoms with Crippen LogP contribution in [0.2, 0.25) is 5.02 Å². The molecular formula is C21H19ClF2N2O4. The van der Waals surface area contributed by atoms with Crippen LogP contribution in [0, 0.1) is 11.3 Å². The quantitative estimate of drug-likeness (QED) is 0.315. The van der Waals surface area contributed by atoms with Gasteiger partial charge in [0.15, 0.2) is 11.5 Å². The largest absolute Gasteiger partial charge is 0.586 e. The van der Waals surface area contributed by atoms with Crippen LogP contribution >= 0.6 is 11.6 Å². The minimum absolute atomic E-state index is 0.0562. The molecule has 0 aliphatic carbocycles. The molecule has 9 heteroatoms. The van der Waals surface area contributed by atoms with Gasteiger partial charge in [0, 0.05) is 28.9 Å². The zero-order chi connectivity index (χ0) is 22.2. The molecule has 0 fully saturated rings. The van der Waals surface area contributed by atoms with Gasteiger partial charge in [-0.05, 0) is 30.7 Å². The van der Waals surface area contributed by atoms with Crippen molar-refractivity contribution in [3.05, 3.63) is 52.8 Å². The Morgan fingerprint density at radius 3 is 2.27 bits per heavy atom. The maximum atomic E-state index is 13.2. The van der Waals surface area contributed by atoms with Gasteiger partial charge in [-0.3, -0.25) is 4.79 Å². The lowest BCUT2D eigenvalue weighted by Crippen LogP contribution is -2.25. The van der Waals surface area contributed by atoms with Gasteiger partial charge >= 0.3 is 6.29 Å². The van der Waals surface area contributed by atoms with Gasteiger partial charge in [0.05, 0.1) is 10.6 Å². The first-order valence-corrected chi connectivity index (χ1v) is 9.36. The monoisotopic (exact) mass is 436 g/mol. The van der Waals surface area contributed by atoms with Crippen LogP contribution in [0.4, 0.5) is 14.5 Å². The summed E-state index contributed by atoms with van der Waals surface area (Å²) in [6.45, 7) is 4.85. The molecule has 1 aliphatic heterocycles. The van der Waals surface area contributed by atoms with Gasteiger partial charge in [0.2, 0.25) is 0 Å². The summed E-state index contributed by atoms with van der Waals surface area (Å²) >= 11 is 6.19. The Kier molecular flexibility index (Phi) is 5.72. The third-order valence-electron chi connectivity index (χ3n) is 4.35. The van der Waals surface area contributed by atoms with E-state index in [0.29, 0.717) is 16.8 Å². The summed E-state index contributed by atoms with van der Waals surface area (Å²) in [5.41, 5.74) is 1.32. The molecule has 0 saturated carbocycles. The summed E-state index contributed by atoms with van der Waals surface area (Å²) in [6, 6.07) is 9.06. The molecule has 1 heterocycles. The molecule has 0 spiro atoms. The van der Waals surface area contributed by atoms with Crippen LogP contribution < -0.4 is 14.8 Å². The summed E-state index contributed by atoms with van der Waals surface area (Å²) in [7, 11) is 0. The summed E-state index contributed by atoms with van der Waals surface area (Å²) < 4.78 is 35.3. The number of anilines is 1. The van der Waals surface area contributed by atoms with Gasteiger partial charge in [-0.15, -0.1) is 8.78 Å². The number of nitrogens with one attached hydrogen (secondary N) is 2. The second-order valence-electron chi connectivity index (χ2n) is 7.02. The van der Waals surface area contributed by atoms with Crippen molar-refractivity contribution in [1.29, 1.82) is 5.41 Å². The van der Waals surface area contributed by atoms with Crippen LogP contribution in [0.3, 0.4) is 0 Å². The number of amides is 1. The Hall–Kier alpha value is -3.13. The minimum atomic E-state index is -3.74. The van der Waals surface area contributed by atoms with Crippen molar-refractivity contribution >= 4 is 28.9 Å². The number of benzene rings is 2. The van der Waals surface area contributed by atoms with Gasteiger partial charge in [-0.1, -0.05) is 37.6 Å². The minimum Gasteiger partial charge on any atom is -0.511 e. The Balaban J connectivity index is 1.84. The van der Waals surface area contributed by atoms with Crippen molar-refractivity contribution < 1.29 is 28.2 Å². The van der Waals surface area contributed by atoms with E-state index in [9.17, 15) is 18.7 Å². The SMILES string of the molecule is CC(=N)/C(C(=O)Nc1ccc(-c2cc3c(cc2Cl)OC(F)(F)O3)cc1)=C(\O)C(C)C. The fourth-order valence-electron chi connectivity index (χ4n) is 2.89. The molecule has 0 aromatic heterocycles. The van der Waals surface area contributed by atoms with Crippen LogP contribution in [-0.2, 0) is 4.79 Å². The van der Waals surface area contributed by atoms with Crippen molar-refractivity contribution in [3.8, 4) is 22.6 Å². The number of aliphatic hydroxyl groups excluding tert-OH is 1. The average molecular weight is 437 g/mol. The van der Waals surface area contributed by atoms with Crippen LogP contribution in [-0.4, -0.2) is 23.0 Å². The van der Waals surface area contributed by atoms with Gasteiger partial charge in [-0.2, -0.15) is 0 Å². The summed E-state index contributed by atoms with van der Waals surface area (Å²) in [5, 5.41) is 20.7. The van der Waals surface area contributed by atoms with E-state index in [1.54, 1.807) is 38.1 Å². The number of fused-ring (bicyclic) bond motifs is 1. The molecule has 1 amide bonds. The maximum Gasteiger partial charge on any atom is 0.586 e. The molecule has 2 aromatic carbocycles. The second kappa shape index (κ2) is 7.95. The summed E-state index contributed by atoms with van der Waals surface area (Å²) in [6.07, 6.45) is -3.74. The van der Waals surface area contributed by atoms with Crippen molar-refractivity contribution in [3.63, 3.8) is 0 Å². The topological polar surface area (TPSA) is 91.6 Å². The van der Waals surface area contributed by atoms with E-state index in [-0.39, 0.29) is 39.5 Å². The number of hydrogen-bond acceptors (Lipinski definition) is 5. The standard InChI is InChI=1S/C21H19ClF2N2O4/c1-10(2)19(27)18(11(3)25)20(28)26-13-6-4-12(5-7-13)14-8-16-17(9-15(14)22)30-21(23,24)29-16/h4-10,25,27H,1-3H3,(H,26,28)/b19-18+,25-11?. The first-order chi connectivity index (χ1) is 14.0. The van der Waals surface area contributed by atoms with E-state index in [4.69, 9.17) is 17.0 Å².